The van der Waals surface area contributed by atoms with Crippen LogP contribution in [-0.2, 0) is 7.05 Å². The molecule has 1 N–H and O–H groups in total. The molecule has 0 bridgehead atoms. The summed E-state index contributed by atoms with van der Waals surface area (Å²) >= 11 is 0.985. The molecule has 0 aromatic carbocycles. The number of rotatable bonds is 1. The highest BCUT2D eigenvalue weighted by atomic mass is 32.1. The molecule has 0 spiro atoms. The van der Waals surface area contributed by atoms with Crippen LogP contribution in [0.2, 0.25) is 0 Å². The summed E-state index contributed by atoms with van der Waals surface area (Å²) in [6.45, 7) is 0. The Hall–Kier alpha value is -1.69. The van der Waals surface area contributed by atoms with Gasteiger partial charge in [-0.15, -0.1) is 0 Å². The minimum Gasteiger partial charge on any atom is -0.319 e. The van der Waals surface area contributed by atoms with Gasteiger partial charge in [-0.05, 0) is 6.07 Å². The van der Waals surface area contributed by atoms with E-state index in [1.807, 2.05) is 0 Å². The first-order chi connectivity index (χ1) is 6.66. The van der Waals surface area contributed by atoms with Crippen LogP contribution in [0.15, 0.2) is 27.9 Å². The van der Waals surface area contributed by atoms with Crippen LogP contribution in [0.1, 0.15) is 0 Å². The van der Waals surface area contributed by atoms with Gasteiger partial charge in [0.1, 0.15) is 5.01 Å². The van der Waals surface area contributed by atoms with Gasteiger partial charge in [0, 0.05) is 24.9 Å². The molecule has 0 aliphatic rings. The number of hydrogen-bond acceptors (Lipinski definition) is 4. The molecule has 72 valence electrons. The SMILES string of the molecule is Cn1ccc(-c2n[nH]c(=O)s2)cc1=O. The van der Waals surface area contributed by atoms with Gasteiger partial charge in [-0.3, -0.25) is 9.59 Å². The Morgan fingerprint density at radius 3 is 2.86 bits per heavy atom. The zero-order valence-corrected chi connectivity index (χ0v) is 8.17. The van der Waals surface area contributed by atoms with Crippen LogP contribution in [0.5, 0.6) is 0 Å². The van der Waals surface area contributed by atoms with Crippen LogP contribution in [0.4, 0.5) is 0 Å². The van der Waals surface area contributed by atoms with Crippen molar-refractivity contribution in [3.05, 3.63) is 38.4 Å². The Labute approximate surface area is 82.7 Å². The number of H-pyrrole nitrogens is 1. The van der Waals surface area contributed by atoms with E-state index in [2.05, 4.69) is 10.2 Å². The van der Waals surface area contributed by atoms with E-state index in [0.29, 0.717) is 10.6 Å². The lowest BCUT2D eigenvalue weighted by Gasteiger charge is -1.97. The normalized spacial score (nSPS) is 10.4. The molecule has 6 heteroatoms. The maximum atomic E-state index is 11.3. The van der Waals surface area contributed by atoms with Gasteiger partial charge in [-0.1, -0.05) is 11.3 Å². The molecule has 0 atom stereocenters. The third-order valence-electron chi connectivity index (χ3n) is 1.79. The van der Waals surface area contributed by atoms with E-state index in [1.165, 1.54) is 10.6 Å². The fourth-order valence-electron chi connectivity index (χ4n) is 1.03. The lowest BCUT2D eigenvalue weighted by molar-refractivity contribution is 0.861. The summed E-state index contributed by atoms with van der Waals surface area (Å²) in [6.07, 6.45) is 1.64. The Balaban J connectivity index is 2.58. The van der Waals surface area contributed by atoms with E-state index in [-0.39, 0.29) is 10.4 Å². The van der Waals surface area contributed by atoms with Gasteiger partial charge >= 0.3 is 4.87 Å². The molecule has 0 amide bonds. The maximum absolute atomic E-state index is 11.3. The summed E-state index contributed by atoms with van der Waals surface area (Å²) in [5.41, 5.74) is 0.543. The Kier molecular flexibility index (Phi) is 2.05. The summed E-state index contributed by atoms with van der Waals surface area (Å²) in [5, 5.41) is 6.63. The molecule has 0 aliphatic heterocycles. The number of aromatic nitrogens is 3. The minimum absolute atomic E-state index is 0.120. The predicted octanol–water partition coefficient (Wildman–Crippen LogP) is 0.197. The molecule has 5 nitrogen and oxygen atoms in total. The van der Waals surface area contributed by atoms with Crippen molar-refractivity contribution < 1.29 is 0 Å². The van der Waals surface area contributed by atoms with Crippen LogP contribution in [-0.4, -0.2) is 14.8 Å². The van der Waals surface area contributed by atoms with Crippen molar-refractivity contribution in [2.75, 3.05) is 0 Å². The third kappa shape index (κ3) is 1.51. The summed E-state index contributed by atoms with van der Waals surface area (Å²) < 4.78 is 1.46. The maximum Gasteiger partial charge on any atom is 0.322 e. The van der Waals surface area contributed by atoms with E-state index < -0.39 is 0 Å². The fraction of sp³-hybridized carbons (Fsp3) is 0.125. The minimum atomic E-state index is -0.222. The van der Waals surface area contributed by atoms with Crippen LogP contribution in [0.3, 0.4) is 0 Å². The van der Waals surface area contributed by atoms with E-state index in [4.69, 9.17) is 0 Å². The highest BCUT2D eigenvalue weighted by Gasteiger charge is 2.03. The average molecular weight is 209 g/mol. The monoisotopic (exact) mass is 209 g/mol. The van der Waals surface area contributed by atoms with Crippen molar-refractivity contribution in [3.63, 3.8) is 0 Å². The van der Waals surface area contributed by atoms with Crippen molar-refractivity contribution in [1.29, 1.82) is 0 Å². The topological polar surface area (TPSA) is 67.8 Å². The summed E-state index contributed by atoms with van der Waals surface area (Å²) in [5.74, 6) is 0. The Morgan fingerprint density at radius 1 is 1.50 bits per heavy atom. The van der Waals surface area contributed by atoms with Crippen LogP contribution in [0.25, 0.3) is 10.6 Å². The third-order valence-corrected chi connectivity index (χ3v) is 2.59. The van der Waals surface area contributed by atoms with Crippen molar-refractivity contribution >= 4 is 11.3 Å². The fourth-order valence-corrected chi connectivity index (χ4v) is 1.64. The quantitative estimate of drug-likeness (QED) is 0.729. The summed E-state index contributed by atoms with van der Waals surface area (Å²) in [4.78, 5) is 21.9. The molecule has 0 saturated carbocycles. The summed E-state index contributed by atoms with van der Waals surface area (Å²) in [6, 6.07) is 3.19. The first-order valence-corrected chi connectivity index (χ1v) is 4.71. The second-order valence-corrected chi connectivity index (χ2v) is 3.74. The zero-order chi connectivity index (χ0) is 10.1. The van der Waals surface area contributed by atoms with Gasteiger partial charge in [0.2, 0.25) is 0 Å². The molecule has 0 radical (unpaired) electrons. The van der Waals surface area contributed by atoms with E-state index >= 15 is 0 Å². The molecule has 2 aromatic rings. The zero-order valence-electron chi connectivity index (χ0n) is 7.35. The first-order valence-electron chi connectivity index (χ1n) is 3.89. The molecular weight excluding hydrogens is 202 g/mol. The van der Waals surface area contributed by atoms with E-state index in [0.717, 1.165) is 11.3 Å². The first kappa shape index (κ1) is 8.89. The van der Waals surface area contributed by atoms with Gasteiger partial charge in [-0.25, -0.2) is 5.10 Å². The van der Waals surface area contributed by atoms with Crippen molar-refractivity contribution in [3.8, 4) is 10.6 Å². The number of hydrogen-bond donors (Lipinski definition) is 1. The molecule has 0 aliphatic carbocycles. The predicted molar refractivity (Wildman–Crippen MR) is 53.4 cm³/mol. The van der Waals surface area contributed by atoms with Gasteiger partial charge in [0.15, 0.2) is 0 Å². The molecule has 0 fully saturated rings. The molecule has 2 rings (SSSR count). The second-order valence-electron chi connectivity index (χ2n) is 2.78. The van der Waals surface area contributed by atoms with E-state index in [9.17, 15) is 9.59 Å². The van der Waals surface area contributed by atoms with Crippen molar-refractivity contribution in [2.45, 2.75) is 0 Å². The highest BCUT2D eigenvalue weighted by molar-refractivity contribution is 7.12. The highest BCUT2D eigenvalue weighted by Crippen LogP contribution is 2.15. The van der Waals surface area contributed by atoms with Crippen molar-refractivity contribution in [1.82, 2.24) is 14.8 Å². The van der Waals surface area contributed by atoms with Gasteiger partial charge in [-0.2, -0.15) is 5.10 Å². The lowest BCUT2D eigenvalue weighted by Crippen LogP contribution is -2.13. The average Bonchev–Trinajstić information content (AvgIpc) is 2.57. The number of nitrogens with one attached hydrogen (secondary N) is 1. The van der Waals surface area contributed by atoms with Gasteiger partial charge in [0.05, 0.1) is 0 Å². The largest absolute Gasteiger partial charge is 0.322 e. The molecule has 14 heavy (non-hydrogen) atoms. The molecule has 2 aromatic heterocycles. The smallest absolute Gasteiger partial charge is 0.319 e. The molecule has 0 saturated heterocycles. The molecule has 2 heterocycles. The lowest BCUT2D eigenvalue weighted by atomic mass is 10.3. The van der Waals surface area contributed by atoms with E-state index in [1.54, 1.807) is 19.3 Å². The summed E-state index contributed by atoms with van der Waals surface area (Å²) in [7, 11) is 1.67. The Bertz CT molecular complexity index is 566. The van der Waals surface area contributed by atoms with Crippen LogP contribution in [0, 0.1) is 0 Å². The number of pyridine rings is 1. The number of aromatic amines is 1. The van der Waals surface area contributed by atoms with Crippen molar-refractivity contribution in [2.24, 2.45) is 7.05 Å². The Morgan fingerprint density at radius 2 is 2.29 bits per heavy atom. The molecule has 0 unspecified atom stereocenters. The van der Waals surface area contributed by atoms with Gasteiger partial charge < -0.3 is 4.57 Å². The second kappa shape index (κ2) is 3.22. The molecular formula is C8H7N3O2S. The van der Waals surface area contributed by atoms with Crippen LogP contribution >= 0.6 is 11.3 Å². The van der Waals surface area contributed by atoms with Crippen LogP contribution < -0.4 is 10.4 Å². The number of aryl methyl sites for hydroxylation is 1. The number of nitrogens with zero attached hydrogens (tertiary/aromatic N) is 2. The standard InChI is InChI=1S/C8H7N3O2S/c1-11-3-2-5(4-6(11)12)7-9-10-8(13)14-7/h2-4H,1H3,(H,10,13). The van der Waals surface area contributed by atoms with Gasteiger partial charge in [0.25, 0.3) is 5.56 Å².